The fraction of sp³-hybridized carbons (Fsp3) is 0.0345. The molecule has 0 unspecified atom stereocenters. The number of hydrogen-bond donors (Lipinski definition) is 2. The molecule has 0 fully saturated rings. The van der Waals surface area contributed by atoms with Crippen LogP contribution in [-0.2, 0) is 6.18 Å². The number of amides is 1. The lowest BCUT2D eigenvalue weighted by Gasteiger charge is -2.16. The molecule has 39 heavy (non-hydrogen) atoms. The van der Waals surface area contributed by atoms with Crippen LogP contribution in [0.4, 0.5) is 18.9 Å². The lowest BCUT2D eigenvalue weighted by Crippen LogP contribution is -2.16. The van der Waals surface area contributed by atoms with Crippen molar-refractivity contribution in [2.45, 2.75) is 6.18 Å². The first kappa shape index (κ1) is 25.4. The van der Waals surface area contributed by atoms with Crippen LogP contribution in [0.5, 0.6) is 0 Å². The van der Waals surface area contributed by atoms with Crippen molar-refractivity contribution in [3.05, 3.63) is 120 Å². The van der Waals surface area contributed by atoms with E-state index in [-0.39, 0.29) is 11.3 Å². The fourth-order valence-corrected chi connectivity index (χ4v) is 4.04. The number of nitrogens with one attached hydrogen (secondary N) is 1. The van der Waals surface area contributed by atoms with Gasteiger partial charge in [-0.3, -0.25) is 4.79 Å². The van der Waals surface area contributed by atoms with Crippen molar-refractivity contribution in [2.75, 3.05) is 5.32 Å². The van der Waals surface area contributed by atoms with Gasteiger partial charge in [-0.2, -0.15) is 13.2 Å². The summed E-state index contributed by atoms with van der Waals surface area (Å²) in [6, 6.07) is 24.8. The lowest BCUT2D eigenvalue weighted by molar-refractivity contribution is -0.137. The van der Waals surface area contributed by atoms with Crippen molar-refractivity contribution in [1.82, 2.24) is 15.0 Å². The Morgan fingerprint density at radius 1 is 0.821 bits per heavy atom. The minimum absolute atomic E-state index is 0.106. The number of aromatic carboxylic acids is 1. The van der Waals surface area contributed by atoms with Crippen LogP contribution in [-0.4, -0.2) is 32.0 Å². The highest BCUT2D eigenvalue weighted by molar-refractivity contribution is 6.11. The van der Waals surface area contributed by atoms with Crippen LogP contribution in [0.2, 0.25) is 0 Å². The molecular formula is C29H19F3N4O3. The molecule has 1 heterocycles. The van der Waals surface area contributed by atoms with Gasteiger partial charge in [0.15, 0.2) is 0 Å². The van der Waals surface area contributed by atoms with Gasteiger partial charge < -0.3 is 10.4 Å². The number of anilines is 1. The normalized spacial score (nSPS) is 11.3. The number of carbonyl (C=O) groups excluding carboxylic acids is 1. The van der Waals surface area contributed by atoms with E-state index in [1.54, 1.807) is 66.7 Å². The first-order chi connectivity index (χ1) is 18.7. The molecule has 0 bridgehead atoms. The molecule has 194 valence electrons. The van der Waals surface area contributed by atoms with Gasteiger partial charge in [0.25, 0.3) is 5.91 Å². The minimum atomic E-state index is -4.46. The molecule has 0 atom stereocenters. The Bertz CT molecular complexity index is 1650. The molecule has 0 saturated carbocycles. The van der Waals surface area contributed by atoms with Gasteiger partial charge in [0.05, 0.1) is 28.7 Å². The minimum Gasteiger partial charge on any atom is -0.478 e. The summed E-state index contributed by atoms with van der Waals surface area (Å²) in [6.45, 7) is 0. The Morgan fingerprint density at radius 2 is 1.46 bits per heavy atom. The second-order valence-electron chi connectivity index (χ2n) is 8.53. The predicted octanol–water partition coefficient (Wildman–Crippen LogP) is 6.57. The summed E-state index contributed by atoms with van der Waals surface area (Å²) in [6.07, 6.45) is -2.98. The van der Waals surface area contributed by atoms with E-state index >= 15 is 0 Å². The van der Waals surface area contributed by atoms with Gasteiger partial charge in [-0.25, -0.2) is 9.48 Å². The van der Waals surface area contributed by atoms with E-state index < -0.39 is 23.6 Å². The van der Waals surface area contributed by atoms with Crippen LogP contribution in [0.1, 0.15) is 26.3 Å². The highest BCUT2D eigenvalue weighted by Crippen LogP contribution is 2.35. The van der Waals surface area contributed by atoms with Crippen molar-refractivity contribution in [2.24, 2.45) is 0 Å². The molecule has 1 amide bonds. The molecule has 0 spiro atoms. The fourth-order valence-electron chi connectivity index (χ4n) is 4.04. The zero-order valence-corrected chi connectivity index (χ0v) is 20.1. The third kappa shape index (κ3) is 5.40. The van der Waals surface area contributed by atoms with Crippen LogP contribution < -0.4 is 5.32 Å². The van der Waals surface area contributed by atoms with Crippen molar-refractivity contribution < 1.29 is 27.9 Å². The zero-order chi connectivity index (χ0) is 27.6. The van der Waals surface area contributed by atoms with Crippen LogP contribution in [0.3, 0.4) is 0 Å². The SMILES string of the molecule is O=C(Nc1c(C(=O)O)cc(-n2cc(-c3ccc(C(F)(F)F)cc3)nn2)cc1-c1ccccc1)c1ccccc1. The van der Waals surface area contributed by atoms with E-state index in [1.165, 1.54) is 29.1 Å². The Kier molecular flexibility index (Phi) is 6.68. The third-order valence-corrected chi connectivity index (χ3v) is 5.98. The van der Waals surface area contributed by atoms with Crippen molar-refractivity contribution in [3.8, 4) is 28.1 Å². The maximum Gasteiger partial charge on any atom is 0.416 e. The molecular weight excluding hydrogens is 509 g/mol. The number of carboxylic acid groups (broad SMARTS) is 1. The molecule has 10 heteroatoms. The highest BCUT2D eigenvalue weighted by atomic mass is 19.4. The van der Waals surface area contributed by atoms with Crippen LogP contribution in [0.25, 0.3) is 28.1 Å². The molecule has 2 N–H and O–H groups in total. The van der Waals surface area contributed by atoms with E-state index in [0.717, 1.165) is 12.1 Å². The van der Waals surface area contributed by atoms with E-state index in [0.29, 0.717) is 33.6 Å². The maximum atomic E-state index is 13.0. The second-order valence-corrected chi connectivity index (χ2v) is 8.53. The highest BCUT2D eigenvalue weighted by Gasteiger charge is 2.30. The number of halogens is 3. The van der Waals surface area contributed by atoms with Crippen LogP contribution >= 0.6 is 0 Å². The number of carboxylic acids is 1. The third-order valence-electron chi connectivity index (χ3n) is 5.98. The van der Waals surface area contributed by atoms with Crippen LogP contribution in [0.15, 0.2) is 103 Å². The number of alkyl halides is 3. The smallest absolute Gasteiger partial charge is 0.416 e. The summed E-state index contributed by atoms with van der Waals surface area (Å²) in [4.78, 5) is 25.3. The zero-order valence-electron chi connectivity index (χ0n) is 20.1. The first-order valence-electron chi connectivity index (χ1n) is 11.6. The largest absolute Gasteiger partial charge is 0.478 e. The van der Waals surface area contributed by atoms with E-state index in [9.17, 15) is 27.9 Å². The molecule has 5 aromatic rings. The molecule has 0 saturated heterocycles. The maximum absolute atomic E-state index is 13.0. The summed E-state index contributed by atoms with van der Waals surface area (Å²) < 4.78 is 40.1. The average Bonchev–Trinajstić information content (AvgIpc) is 3.44. The standard InChI is InChI=1S/C29H19F3N4O3/c30-29(31,32)21-13-11-19(12-14-21)25-17-36(35-34-25)22-15-23(18-7-3-1-4-8-18)26(24(16-22)28(38)39)33-27(37)20-9-5-2-6-10-20/h1-17H,(H,33,37)(H,38,39). The molecule has 4 aromatic carbocycles. The van der Waals surface area contributed by atoms with E-state index in [1.807, 2.05) is 0 Å². The van der Waals surface area contributed by atoms with Gasteiger partial charge in [0.1, 0.15) is 5.69 Å². The van der Waals surface area contributed by atoms with Gasteiger partial charge in [-0.15, -0.1) is 5.10 Å². The van der Waals surface area contributed by atoms with Gasteiger partial charge in [-0.05, 0) is 42.0 Å². The summed E-state index contributed by atoms with van der Waals surface area (Å²) in [5.74, 6) is -1.76. The van der Waals surface area contributed by atoms with E-state index in [4.69, 9.17) is 0 Å². The lowest BCUT2D eigenvalue weighted by atomic mass is 9.98. The van der Waals surface area contributed by atoms with E-state index in [2.05, 4.69) is 15.6 Å². The number of aromatic nitrogens is 3. The number of carbonyl (C=O) groups is 2. The Labute approximate surface area is 220 Å². The van der Waals surface area contributed by atoms with Crippen molar-refractivity contribution in [3.63, 3.8) is 0 Å². The molecule has 0 aliphatic heterocycles. The number of hydrogen-bond acceptors (Lipinski definition) is 4. The summed E-state index contributed by atoms with van der Waals surface area (Å²) in [5, 5.41) is 21.0. The number of rotatable bonds is 6. The second kappa shape index (κ2) is 10.3. The topological polar surface area (TPSA) is 97.1 Å². The summed E-state index contributed by atoms with van der Waals surface area (Å²) >= 11 is 0. The van der Waals surface area contributed by atoms with Crippen molar-refractivity contribution in [1.29, 1.82) is 0 Å². The number of nitrogens with zero attached hydrogens (tertiary/aromatic N) is 3. The molecule has 0 aliphatic carbocycles. The molecule has 1 aromatic heterocycles. The summed E-state index contributed by atoms with van der Waals surface area (Å²) in [7, 11) is 0. The molecule has 7 nitrogen and oxygen atoms in total. The molecule has 5 rings (SSSR count). The van der Waals surface area contributed by atoms with Gasteiger partial charge in [0, 0.05) is 16.7 Å². The monoisotopic (exact) mass is 528 g/mol. The average molecular weight is 528 g/mol. The quantitative estimate of drug-likeness (QED) is 0.260. The Morgan fingerprint density at radius 3 is 2.08 bits per heavy atom. The van der Waals surface area contributed by atoms with Crippen LogP contribution in [0, 0.1) is 0 Å². The Balaban J connectivity index is 1.59. The van der Waals surface area contributed by atoms with Gasteiger partial charge >= 0.3 is 12.1 Å². The van der Waals surface area contributed by atoms with Crippen molar-refractivity contribution >= 4 is 17.6 Å². The van der Waals surface area contributed by atoms with Gasteiger partial charge in [-0.1, -0.05) is 65.9 Å². The molecule has 0 radical (unpaired) electrons. The summed E-state index contributed by atoms with van der Waals surface area (Å²) in [5.41, 5.74) is 1.60. The first-order valence-corrected chi connectivity index (χ1v) is 11.6. The predicted molar refractivity (Wildman–Crippen MR) is 139 cm³/mol. The Hall–Kier alpha value is -5.25. The van der Waals surface area contributed by atoms with Gasteiger partial charge in [0.2, 0.25) is 0 Å². The number of benzene rings is 4. The molecule has 0 aliphatic rings.